The van der Waals surface area contributed by atoms with Gasteiger partial charge in [0.25, 0.3) is 5.91 Å². The van der Waals surface area contributed by atoms with Crippen LogP contribution in [0.15, 0.2) is 11.8 Å². The van der Waals surface area contributed by atoms with E-state index >= 15 is 0 Å². The summed E-state index contributed by atoms with van der Waals surface area (Å²) in [6.45, 7) is 0.797. The van der Waals surface area contributed by atoms with Gasteiger partial charge in [0.1, 0.15) is 60.7 Å². The highest BCUT2D eigenvalue weighted by Gasteiger charge is 2.55. The highest BCUT2D eigenvalue weighted by atomic mass is 16.8. The van der Waals surface area contributed by atoms with Crippen molar-refractivity contribution in [1.82, 2.24) is 16.0 Å². The number of carbonyl (C=O) groups is 1. The maximum atomic E-state index is 13.0. The van der Waals surface area contributed by atoms with Gasteiger partial charge in [0, 0.05) is 25.7 Å². The van der Waals surface area contributed by atoms with Crippen molar-refractivity contribution in [3.05, 3.63) is 11.8 Å². The van der Waals surface area contributed by atoms with Crippen LogP contribution in [0.2, 0.25) is 0 Å². The Bertz CT molecular complexity index is 1170. The molecule has 0 bridgehead atoms. The molecule has 0 radical (unpaired) electrons. The standard InChI is InChI=1S/C30H56N8O13/c31-4-1-5-36-8-12-2-3-13(33)26(46-12)49-23-14(34)6-15(38-29(44)30(45)10-37-11-30)19(40)25(23)51-28-22(43)24(17(9-39)48-28)50-27-18(35)21(42)20(41)16(7-32)47-27/h2,13-28,36-37,39-43,45H,1,3-11,31-35H2,(H,38,44)/t13-,14+,15-,16+,17-,18-,19+,20-,21-,22-,23-,24-,25-,26-,27-,28+/m1/s1. The summed E-state index contributed by atoms with van der Waals surface area (Å²) in [6, 6.07) is -3.82. The van der Waals surface area contributed by atoms with Crippen LogP contribution in [0, 0.1) is 0 Å². The Labute approximate surface area is 295 Å². The first-order valence-electron chi connectivity index (χ1n) is 17.4. The molecule has 4 heterocycles. The Morgan fingerprint density at radius 3 is 2.24 bits per heavy atom. The molecule has 21 nitrogen and oxygen atoms in total. The summed E-state index contributed by atoms with van der Waals surface area (Å²) >= 11 is 0. The van der Waals surface area contributed by atoms with E-state index in [1.807, 2.05) is 6.08 Å². The summed E-state index contributed by atoms with van der Waals surface area (Å²) in [5.74, 6) is -0.144. The van der Waals surface area contributed by atoms with Crippen molar-refractivity contribution in [2.24, 2.45) is 28.7 Å². The second-order valence-corrected chi connectivity index (χ2v) is 13.8. The lowest BCUT2D eigenvalue weighted by atomic mass is 9.83. The zero-order valence-corrected chi connectivity index (χ0v) is 28.3. The minimum atomic E-state index is -1.67. The van der Waals surface area contributed by atoms with Crippen molar-refractivity contribution < 1.29 is 63.9 Å². The number of hydrogen-bond acceptors (Lipinski definition) is 20. The van der Waals surface area contributed by atoms with Gasteiger partial charge in [-0.15, -0.1) is 0 Å². The van der Waals surface area contributed by atoms with E-state index in [0.717, 1.165) is 6.42 Å². The lowest BCUT2D eigenvalue weighted by Gasteiger charge is -2.47. The van der Waals surface area contributed by atoms with E-state index < -0.39 is 116 Å². The van der Waals surface area contributed by atoms with Gasteiger partial charge in [-0.1, -0.05) is 0 Å². The molecule has 0 aromatic rings. The van der Waals surface area contributed by atoms with E-state index in [-0.39, 0.29) is 26.1 Å². The Morgan fingerprint density at radius 2 is 1.59 bits per heavy atom. The second-order valence-electron chi connectivity index (χ2n) is 13.8. The fourth-order valence-corrected chi connectivity index (χ4v) is 6.75. The largest absolute Gasteiger partial charge is 0.467 e. The Morgan fingerprint density at radius 1 is 0.902 bits per heavy atom. The molecule has 0 aromatic carbocycles. The van der Waals surface area contributed by atoms with Crippen LogP contribution in [0.1, 0.15) is 19.3 Å². The van der Waals surface area contributed by atoms with Gasteiger partial charge in [-0.05, 0) is 38.4 Å². The topological polar surface area (TPSA) is 360 Å². The van der Waals surface area contributed by atoms with Gasteiger partial charge in [0.05, 0.1) is 31.3 Å². The van der Waals surface area contributed by atoms with E-state index in [1.54, 1.807) is 0 Å². The number of carbonyl (C=O) groups excluding carboxylic acids is 1. The van der Waals surface area contributed by atoms with E-state index in [9.17, 15) is 35.4 Å². The van der Waals surface area contributed by atoms with E-state index in [0.29, 0.717) is 31.8 Å². The summed E-state index contributed by atoms with van der Waals surface area (Å²) in [7, 11) is 0. The average molecular weight is 737 g/mol. The highest BCUT2D eigenvalue weighted by molar-refractivity contribution is 5.87. The third kappa shape index (κ3) is 8.99. The Balaban J connectivity index is 1.33. The van der Waals surface area contributed by atoms with Crippen molar-refractivity contribution in [2.45, 2.75) is 123 Å². The first kappa shape index (κ1) is 40.5. The third-order valence-corrected chi connectivity index (χ3v) is 10.0. The van der Waals surface area contributed by atoms with Gasteiger partial charge in [0.2, 0.25) is 6.29 Å². The molecule has 0 unspecified atom stereocenters. The monoisotopic (exact) mass is 736 g/mol. The number of aliphatic hydroxyl groups excluding tert-OH is 5. The molecule has 0 aromatic heterocycles. The maximum absolute atomic E-state index is 13.0. The molecule has 5 rings (SSSR count). The minimum Gasteiger partial charge on any atom is -0.467 e. The summed E-state index contributed by atoms with van der Waals surface area (Å²) in [5, 5.41) is 73.2. The number of amides is 1. The number of rotatable bonds is 15. The van der Waals surface area contributed by atoms with Gasteiger partial charge in [-0.3, -0.25) is 4.79 Å². The molecule has 1 saturated carbocycles. The summed E-state index contributed by atoms with van der Waals surface area (Å²) in [6.07, 6.45) is -13.1. The molecule has 19 N–H and O–H groups in total. The van der Waals surface area contributed by atoms with Crippen LogP contribution in [-0.2, 0) is 33.2 Å². The Hall–Kier alpha value is -1.71. The molecule has 3 saturated heterocycles. The molecule has 51 heavy (non-hydrogen) atoms. The number of hydrogen-bond donors (Lipinski definition) is 14. The van der Waals surface area contributed by atoms with Gasteiger partial charge < -0.3 is 104 Å². The van der Waals surface area contributed by atoms with E-state index in [2.05, 4.69) is 16.0 Å². The predicted octanol–water partition coefficient (Wildman–Crippen LogP) is -8.24. The quantitative estimate of drug-likeness (QED) is 0.0694. The van der Waals surface area contributed by atoms with Crippen molar-refractivity contribution in [1.29, 1.82) is 0 Å². The SMILES string of the molecule is NCCCNCC1=CC[C@@H](N)[C@@H](O[C@H]2[C@H](O[C@@H]3O[C@H](CO)[C@@H](O[C@H]4O[C@@H](CN)[C@@H](O)[C@H](O)[C@H]4N)[C@H]3O)[C@@H](O)[C@H](NC(=O)C3(O)CNC3)C[C@@H]2N)O1. The van der Waals surface area contributed by atoms with Crippen LogP contribution in [0.3, 0.4) is 0 Å². The van der Waals surface area contributed by atoms with E-state index in [1.165, 1.54) is 0 Å². The lowest BCUT2D eigenvalue weighted by Crippen LogP contribution is -2.71. The zero-order chi connectivity index (χ0) is 37.0. The van der Waals surface area contributed by atoms with Crippen LogP contribution in [0.4, 0.5) is 0 Å². The normalized spacial score (nSPS) is 43.9. The van der Waals surface area contributed by atoms with Crippen LogP contribution < -0.4 is 44.6 Å². The predicted molar refractivity (Wildman–Crippen MR) is 175 cm³/mol. The molecule has 4 aliphatic heterocycles. The summed E-state index contributed by atoms with van der Waals surface area (Å²) in [4.78, 5) is 13.0. The lowest BCUT2D eigenvalue weighted by molar-refractivity contribution is -0.282. The molecular formula is C30H56N8O13. The van der Waals surface area contributed by atoms with Crippen LogP contribution in [-0.4, -0.2) is 186 Å². The third-order valence-electron chi connectivity index (χ3n) is 10.0. The second kappa shape index (κ2) is 17.6. The smallest absolute Gasteiger partial charge is 0.254 e. The number of aliphatic hydroxyl groups is 6. The number of nitrogens with one attached hydrogen (secondary N) is 3. The fourth-order valence-electron chi connectivity index (χ4n) is 6.75. The number of ether oxygens (including phenoxy) is 6. The first-order chi connectivity index (χ1) is 24.3. The Kier molecular flexibility index (Phi) is 14.0. The van der Waals surface area contributed by atoms with Crippen molar-refractivity contribution in [3.63, 3.8) is 0 Å². The molecule has 294 valence electrons. The maximum Gasteiger partial charge on any atom is 0.254 e. The summed E-state index contributed by atoms with van der Waals surface area (Å²) in [5.41, 5.74) is 28.6. The van der Waals surface area contributed by atoms with Gasteiger partial charge >= 0.3 is 0 Å². The highest BCUT2D eigenvalue weighted by Crippen LogP contribution is 2.34. The molecule has 16 atom stereocenters. The molecule has 21 heteroatoms. The number of nitrogens with two attached hydrogens (primary N) is 5. The first-order valence-corrected chi connectivity index (χ1v) is 17.4. The van der Waals surface area contributed by atoms with Gasteiger partial charge in [0.15, 0.2) is 18.2 Å². The number of β-amino-alcohol motifs (C(OH)–C–C–N with tert-alkyl or cyclic N) is 1. The van der Waals surface area contributed by atoms with Crippen LogP contribution in [0.5, 0.6) is 0 Å². The molecular weight excluding hydrogens is 680 g/mol. The van der Waals surface area contributed by atoms with E-state index in [4.69, 9.17) is 57.1 Å². The van der Waals surface area contributed by atoms with Crippen LogP contribution in [0.25, 0.3) is 0 Å². The summed E-state index contributed by atoms with van der Waals surface area (Å²) < 4.78 is 35.9. The van der Waals surface area contributed by atoms with Crippen molar-refractivity contribution >= 4 is 5.91 Å². The molecule has 4 fully saturated rings. The van der Waals surface area contributed by atoms with Crippen LogP contribution >= 0.6 is 0 Å². The molecule has 5 aliphatic rings. The van der Waals surface area contributed by atoms with Gasteiger partial charge in [-0.25, -0.2) is 0 Å². The fraction of sp³-hybridized carbons (Fsp3) is 0.900. The molecule has 1 amide bonds. The molecule has 1 aliphatic carbocycles. The van der Waals surface area contributed by atoms with Gasteiger partial charge in [-0.2, -0.15) is 0 Å². The van der Waals surface area contributed by atoms with Crippen molar-refractivity contribution in [3.8, 4) is 0 Å². The van der Waals surface area contributed by atoms with Crippen molar-refractivity contribution in [2.75, 3.05) is 45.9 Å². The average Bonchev–Trinajstić information content (AvgIpc) is 3.39. The minimum absolute atomic E-state index is 0.00128. The zero-order valence-electron chi connectivity index (χ0n) is 28.3. The molecule has 0 spiro atoms.